The van der Waals surface area contributed by atoms with E-state index < -0.39 is 0 Å². The maximum atomic E-state index is 14.9. The summed E-state index contributed by atoms with van der Waals surface area (Å²) in [5.41, 5.74) is 3.12. The van der Waals surface area contributed by atoms with Gasteiger partial charge >= 0.3 is 21.1 Å². The number of rotatable bonds is 3. The third kappa shape index (κ3) is 3.54. The molecule has 8 aromatic rings. The SMILES string of the molecule is Fc1cccc2c1c1ccc(Oc3[c-]c4c(cc3)c3ccccc3n4-c3ccccn3)[c-]c1c1ncnn21.[Pt+2]. The molecule has 0 fully saturated rings. The molecule has 0 radical (unpaired) electrons. The molecule has 6 nitrogen and oxygen atoms in total. The third-order valence-corrected chi connectivity index (χ3v) is 6.83. The Kier molecular flexibility index (Phi) is 5.42. The van der Waals surface area contributed by atoms with E-state index >= 15 is 0 Å². The standard InChI is InChI=1S/C31H16FN5O.Pt/c32-25-7-5-9-27-30(25)23-14-12-19(16-24(23)31-34-18-35-37(27)31)38-20-11-13-22-21-6-1-2-8-26(21)36(28(22)17-20)29-10-3-4-15-33-29;/h1-15,18H;/q-2;+2. The largest absolute Gasteiger partial charge is 2.00 e. The minimum absolute atomic E-state index is 0. The van der Waals surface area contributed by atoms with Crippen LogP contribution in [0.4, 0.5) is 4.39 Å². The first-order valence-corrected chi connectivity index (χ1v) is 12.1. The molecular weight excluding hydrogens is 672 g/mol. The van der Waals surface area contributed by atoms with E-state index in [1.54, 1.807) is 22.8 Å². The first kappa shape index (κ1) is 23.5. The van der Waals surface area contributed by atoms with Gasteiger partial charge in [-0.25, -0.2) is 9.37 Å². The molecule has 8 heteroatoms. The smallest absolute Gasteiger partial charge is 0.503 e. The van der Waals surface area contributed by atoms with Crippen molar-refractivity contribution in [3.05, 3.63) is 115 Å². The molecular formula is C31H16FN5OPt. The molecule has 0 spiro atoms. The fourth-order valence-electron chi connectivity index (χ4n) is 5.24. The molecule has 0 aliphatic carbocycles. The van der Waals surface area contributed by atoms with E-state index in [4.69, 9.17) is 4.74 Å². The van der Waals surface area contributed by atoms with Gasteiger partial charge in [-0.3, -0.25) is 9.50 Å². The Bertz CT molecular complexity index is 2190. The fraction of sp³-hybridized carbons (Fsp3) is 0. The number of nitrogens with zero attached hydrogens (tertiary/aromatic N) is 5. The van der Waals surface area contributed by atoms with Crippen molar-refractivity contribution in [1.29, 1.82) is 0 Å². The van der Waals surface area contributed by atoms with E-state index in [2.05, 4.69) is 43.9 Å². The minimum Gasteiger partial charge on any atom is -0.503 e. The van der Waals surface area contributed by atoms with Crippen molar-refractivity contribution in [2.45, 2.75) is 0 Å². The summed E-state index contributed by atoms with van der Waals surface area (Å²) >= 11 is 0. The summed E-state index contributed by atoms with van der Waals surface area (Å²) < 4.78 is 24.9. The van der Waals surface area contributed by atoms with Gasteiger partial charge in [-0.15, -0.1) is 29.7 Å². The van der Waals surface area contributed by atoms with Gasteiger partial charge in [0.1, 0.15) is 18.0 Å². The van der Waals surface area contributed by atoms with Gasteiger partial charge in [0.2, 0.25) is 0 Å². The second kappa shape index (κ2) is 9.00. The van der Waals surface area contributed by atoms with Crippen LogP contribution < -0.4 is 4.74 Å². The Morgan fingerprint density at radius 1 is 0.718 bits per heavy atom. The molecule has 0 aliphatic rings. The molecule has 0 saturated heterocycles. The molecule has 4 aromatic heterocycles. The van der Waals surface area contributed by atoms with E-state index in [1.807, 2.05) is 54.6 Å². The minimum atomic E-state index is -0.326. The molecule has 0 aliphatic heterocycles. The maximum Gasteiger partial charge on any atom is 2.00 e. The summed E-state index contributed by atoms with van der Waals surface area (Å²) in [5.74, 6) is 1.47. The summed E-state index contributed by atoms with van der Waals surface area (Å²) in [7, 11) is 0. The zero-order valence-corrected chi connectivity index (χ0v) is 22.3. The van der Waals surface area contributed by atoms with Crippen molar-refractivity contribution in [2.24, 2.45) is 0 Å². The van der Waals surface area contributed by atoms with Gasteiger partial charge in [-0.1, -0.05) is 52.7 Å². The summed E-state index contributed by atoms with van der Waals surface area (Å²) in [5, 5.41) is 8.26. The van der Waals surface area contributed by atoms with E-state index in [0.29, 0.717) is 38.8 Å². The van der Waals surface area contributed by atoms with Crippen LogP contribution in [0.25, 0.3) is 54.9 Å². The zero-order chi connectivity index (χ0) is 25.2. The number of para-hydroxylation sites is 1. The number of fused-ring (bicyclic) bond motifs is 9. The van der Waals surface area contributed by atoms with Crippen molar-refractivity contribution in [1.82, 2.24) is 24.1 Å². The molecule has 0 amide bonds. The van der Waals surface area contributed by atoms with E-state index in [-0.39, 0.29) is 26.9 Å². The number of pyridine rings is 2. The van der Waals surface area contributed by atoms with Gasteiger partial charge in [0.05, 0.1) is 11.2 Å². The zero-order valence-electron chi connectivity index (χ0n) is 20.1. The molecule has 0 saturated carbocycles. The number of hydrogen-bond acceptors (Lipinski definition) is 4. The first-order valence-electron chi connectivity index (χ1n) is 12.1. The summed E-state index contributed by atoms with van der Waals surface area (Å²) in [6.45, 7) is 0. The van der Waals surface area contributed by atoms with Crippen LogP contribution >= 0.6 is 0 Å². The number of halogens is 1. The Morgan fingerprint density at radius 2 is 1.51 bits per heavy atom. The Labute approximate surface area is 235 Å². The van der Waals surface area contributed by atoms with E-state index in [0.717, 1.165) is 27.6 Å². The van der Waals surface area contributed by atoms with Gasteiger partial charge in [-0.05, 0) is 35.7 Å². The van der Waals surface area contributed by atoms with Crippen LogP contribution in [0.2, 0.25) is 0 Å². The van der Waals surface area contributed by atoms with Crippen LogP contribution in [0.1, 0.15) is 0 Å². The summed E-state index contributed by atoms with van der Waals surface area (Å²) in [4.78, 5) is 8.98. The Morgan fingerprint density at radius 3 is 2.38 bits per heavy atom. The quantitative estimate of drug-likeness (QED) is 0.148. The van der Waals surface area contributed by atoms with Gasteiger partial charge in [0.15, 0.2) is 0 Å². The van der Waals surface area contributed by atoms with Gasteiger partial charge < -0.3 is 9.30 Å². The van der Waals surface area contributed by atoms with Crippen LogP contribution in [0.15, 0.2) is 97.5 Å². The normalized spacial score (nSPS) is 11.5. The number of benzene rings is 4. The van der Waals surface area contributed by atoms with Gasteiger partial charge in [-0.2, -0.15) is 11.2 Å². The molecule has 4 aromatic carbocycles. The molecule has 0 unspecified atom stereocenters. The Hall–Kier alpha value is -4.61. The van der Waals surface area contributed by atoms with Crippen LogP contribution in [0, 0.1) is 17.9 Å². The van der Waals surface area contributed by atoms with Crippen molar-refractivity contribution < 1.29 is 30.2 Å². The second-order valence-corrected chi connectivity index (χ2v) is 8.97. The number of ether oxygens (including phenoxy) is 1. The van der Waals surface area contributed by atoms with Crippen LogP contribution in [0.3, 0.4) is 0 Å². The van der Waals surface area contributed by atoms with Gasteiger partial charge in [0, 0.05) is 28.6 Å². The van der Waals surface area contributed by atoms with Crippen molar-refractivity contribution in [3.63, 3.8) is 0 Å². The van der Waals surface area contributed by atoms with Crippen LogP contribution in [-0.4, -0.2) is 24.1 Å². The molecule has 39 heavy (non-hydrogen) atoms. The van der Waals surface area contributed by atoms with Crippen LogP contribution in [-0.2, 0) is 21.1 Å². The average Bonchev–Trinajstić information content (AvgIpc) is 3.57. The predicted octanol–water partition coefficient (Wildman–Crippen LogP) is 7.06. The van der Waals surface area contributed by atoms with Crippen molar-refractivity contribution in [2.75, 3.05) is 0 Å². The molecule has 0 bridgehead atoms. The second-order valence-electron chi connectivity index (χ2n) is 8.97. The molecule has 8 rings (SSSR count). The number of aromatic nitrogens is 5. The average molecular weight is 689 g/mol. The monoisotopic (exact) mass is 688 g/mol. The first-order chi connectivity index (χ1) is 18.8. The third-order valence-electron chi connectivity index (χ3n) is 6.83. The Balaban J connectivity index is 0.00000253. The van der Waals surface area contributed by atoms with Crippen molar-refractivity contribution >= 4 is 49.1 Å². The van der Waals surface area contributed by atoms with Gasteiger partial charge in [0.25, 0.3) is 0 Å². The topological polar surface area (TPSA) is 57.2 Å². The van der Waals surface area contributed by atoms with Crippen molar-refractivity contribution in [3.8, 4) is 17.3 Å². The van der Waals surface area contributed by atoms with E-state index in [1.165, 1.54) is 12.4 Å². The van der Waals surface area contributed by atoms with Crippen LogP contribution in [0.5, 0.6) is 11.5 Å². The maximum absolute atomic E-state index is 14.9. The summed E-state index contributed by atoms with van der Waals surface area (Å²) in [6, 6.07) is 33.3. The fourth-order valence-corrected chi connectivity index (χ4v) is 5.24. The molecule has 4 heterocycles. The summed E-state index contributed by atoms with van der Waals surface area (Å²) in [6.07, 6.45) is 3.23. The molecule has 0 atom stereocenters. The molecule has 0 N–H and O–H groups in total. The van der Waals surface area contributed by atoms with E-state index in [9.17, 15) is 4.39 Å². The number of hydrogen-bond donors (Lipinski definition) is 0. The predicted molar refractivity (Wildman–Crippen MR) is 144 cm³/mol. The molecule has 188 valence electrons.